The quantitative estimate of drug-likeness (QED) is 0.769. The van der Waals surface area contributed by atoms with Crippen LogP contribution in [0.4, 0.5) is 11.4 Å². The van der Waals surface area contributed by atoms with Gasteiger partial charge in [0, 0.05) is 49.0 Å². The Kier molecular flexibility index (Phi) is 5.50. The van der Waals surface area contributed by atoms with E-state index in [4.69, 9.17) is 9.47 Å². The van der Waals surface area contributed by atoms with Gasteiger partial charge in [0.1, 0.15) is 0 Å². The minimum atomic E-state index is -0.687. The summed E-state index contributed by atoms with van der Waals surface area (Å²) in [5, 5.41) is 5.35. The van der Waals surface area contributed by atoms with E-state index in [1.54, 1.807) is 18.2 Å². The molecule has 2 aromatic rings. The van der Waals surface area contributed by atoms with Crippen LogP contribution in [0.1, 0.15) is 18.5 Å². The fraction of sp³-hybridized carbons (Fsp3) is 0.381. The molecule has 0 unspecified atom stereocenters. The number of benzene rings is 1. The first-order valence-corrected chi connectivity index (χ1v) is 9.75. The van der Waals surface area contributed by atoms with E-state index in [-0.39, 0.29) is 6.79 Å². The van der Waals surface area contributed by atoms with Crippen molar-refractivity contribution in [2.24, 2.45) is 5.92 Å². The molecule has 1 aromatic carbocycles. The maximum atomic E-state index is 12.2. The molecule has 2 aliphatic heterocycles. The fourth-order valence-corrected chi connectivity index (χ4v) is 3.60. The van der Waals surface area contributed by atoms with Gasteiger partial charge >= 0.3 is 11.8 Å². The second kappa shape index (κ2) is 8.38. The van der Waals surface area contributed by atoms with Crippen LogP contribution < -0.4 is 25.0 Å². The summed E-state index contributed by atoms with van der Waals surface area (Å²) in [6.07, 6.45) is 3.76. The number of aryl methyl sites for hydroxylation is 1. The van der Waals surface area contributed by atoms with E-state index in [0.717, 1.165) is 31.6 Å². The Balaban J connectivity index is 1.22. The summed E-state index contributed by atoms with van der Waals surface area (Å²) in [6.45, 7) is 4.49. The van der Waals surface area contributed by atoms with Crippen molar-refractivity contribution in [1.29, 1.82) is 0 Å². The number of fused-ring (bicyclic) bond motifs is 1. The normalized spacial score (nSPS) is 15.8. The third-order valence-corrected chi connectivity index (χ3v) is 5.25. The summed E-state index contributed by atoms with van der Waals surface area (Å²) in [7, 11) is 0. The number of hydrogen-bond acceptors (Lipinski definition) is 6. The van der Waals surface area contributed by atoms with Crippen LogP contribution in [0, 0.1) is 12.8 Å². The Hall–Kier alpha value is -3.29. The topological polar surface area (TPSA) is 92.8 Å². The summed E-state index contributed by atoms with van der Waals surface area (Å²) >= 11 is 0. The molecule has 4 rings (SSSR count). The van der Waals surface area contributed by atoms with Gasteiger partial charge in [0.25, 0.3) is 0 Å². The first-order chi connectivity index (χ1) is 14.1. The highest BCUT2D eigenvalue weighted by atomic mass is 16.7. The van der Waals surface area contributed by atoms with Crippen LogP contribution in [0.5, 0.6) is 11.5 Å². The van der Waals surface area contributed by atoms with Crippen molar-refractivity contribution in [3.8, 4) is 11.5 Å². The third-order valence-electron chi connectivity index (χ3n) is 5.25. The third kappa shape index (κ3) is 4.59. The zero-order valence-electron chi connectivity index (χ0n) is 16.3. The Bertz CT molecular complexity index is 909. The van der Waals surface area contributed by atoms with Crippen molar-refractivity contribution in [3.63, 3.8) is 0 Å². The van der Waals surface area contributed by atoms with E-state index in [2.05, 4.69) is 26.6 Å². The van der Waals surface area contributed by atoms with Crippen molar-refractivity contribution < 1.29 is 19.1 Å². The number of hydrogen-bond donors (Lipinski definition) is 2. The fourth-order valence-electron chi connectivity index (χ4n) is 3.60. The van der Waals surface area contributed by atoms with Crippen LogP contribution in [-0.4, -0.2) is 43.2 Å². The maximum Gasteiger partial charge on any atom is 0.313 e. The Morgan fingerprint density at radius 1 is 1.10 bits per heavy atom. The number of ether oxygens (including phenoxy) is 2. The highest BCUT2D eigenvalue weighted by Gasteiger charge is 2.22. The zero-order valence-corrected chi connectivity index (χ0v) is 16.3. The lowest BCUT2D eigenvalue weighted by Gasteiger charge is -2.33. The zero-order chi connectivity index (χ0) is 20.2. The van der Waals surface area contributed by atoms with Crippen molar-refractivity contribution in [3.05, 3.63) is 42.2 Å². The number of anilines is 2. The minimum Gasteiger partial charge on any atom is -0.454 e. The van der Waals surface area contributed by atoms with Gasteiger partial charge in [-0.2, -0.15) is 0 Å². The molecule has 0 aliphatic carbocycles. The lowest BCUT2D eigenvalue weighted by atomic mass is 9.96. The molecule has 2 N–H and O–H groups in total. The van der Waals surface area contributed by atoms with E-state index < -0.39 is 11.8 Å². The number of pyridine rings is 1. The molecule has 0 atom stereocenters. The van der Waals surface area contributed by atoms with E-state index in [1.165, 1.54) is 5.69 Å². The molecule has 152 valence electrons. The molecule has 0 radical (unpaired) electrons. The SMILES string of the molecule is Cc1cc(N2CCC(CNC(=O)C(=O)Nc3ccc4c(c3)OCO4)CC2)ccn1. The monoisotopic (exact) mass is 396 g/mol. The lowest BCUT2D eigenvalue weighted by molar-refractivity contribution is -0.136. The first-order valence-electron chi connectivity index (χ1n) is 9.75. The average molecular weight is 396 g/mol. The minimum absolute atomic E-state index is 0.160. The van der Waals surface area contributed by atoms with Crippen LogP contribution in [0.25, 0.3) is 0 Å². The molecular formula is C21H24N4O4. The van der Waals surface area contributed by atoms with E-state index in [1.807, 2.05) is 19.2 Å². The summed E-state index contributed by atoms with van der Waals surface area (Å²) < 4.78 is 10.5. The number of piperidine rings is 1. The van der Waals surface area contributed by atoms with Gasteiger partial charge in [0.2, 0.25) is 6.79 Å². The molecule has 3 heterocycles. The van der Waals surface area contributed by atoms with Crippen molar-refractivity contribution in [2.75, 3.05) is 36.6 Å². The molecule has 2 amide bonds. The Morgan fingerprint density at radius 2 is 1.90 bits per heavy atom. The number of carbonyl (C=O) groups is 2. The van der Waals surface area contributed by atoms with Gasteiger partial charge in [-0.15, -0.1) is 0 Å². The Morgan fingerprint density at radius 3 is 2.69 bits per heavy atom. The van der Waals surface area contributed by atoms with E-state index in [9.17, 15) is 9.59 Å². The summed E-state index contributed by atoms with van der Waals surface area (Å²) in [4.78, 5) is 30.9. The highest BCUT2D eigenvalue weighted by molar-refractivity contribution is 6.39. The van der Waals surface area contributed by atoms with Gasteiger partial charge in [0.05, 0.1) is 0 Å². The van der Waals surface area contributed by atoms with Crippen LogP contribution >= 0.6 is 0 Å². The predicted molar refractivity (Wildman–Crippen MR) is 108 cm³/mol. The molecule has 8 heteroatoms. The van der Waals surface area contributed by atoms with Crippen molar-refractivity contribution in [2.45, 2.75) is 19.8 Å². The molecule has 1 fully saturated rings. The Labute approximate surface area is 169 Å². The smallest absolute Gasteiger partial charge is 0.313 e. The lowest BCUT2D eigenvalue weighted by Crippen LogP contribution is -2.41. The summed E-state index contributed by atoms with van der Waals surface area (Å²) in [5.41, 5.74) is 2.68. The van der Waals surface area contributed by atoms with Gasteiger partial charge in [0.15, 0.2) is 11.5 Å². The van der Waals surface area contributed by atoms with E-state index >= 15 is 0 Å². The molecule has 0 bridgehead atoms. The first kappa shape index (κ1) is 19.0. The second-order valence-electron chi connectivity index (χ2n) is 7.32. The number of amides is 2. The van der Waals surface area contributed by atoms with E-state index in [0.29, 0.717) is 29.6 Å². The second-order valence-corrected chi connectivity index (χ2v) is 7.32. The number of aromatic nitrogens is 1. The molecule has 8 nitrogen and oxygen atoms in total. The van der Waals surface area contributed by atoms with Gasteiger partial charge in [-0.25, -0.2) is 0 Å². The molecule has 1 aromatic heterocycles. The van der Waals surface area contributed by atoms with Gasteiger partial charge in [-0.05, 0) is 49.9 Å². The molecular weight excluding hydrogens is 372 g/mol. The van der Waals surface area contributed by atoms with Crippen LogP contribution in [-0.2, 0) is 9.59 Å². The van der Waals surface area contributed by atoms with Crippen LogP contribution in [0.15, 0.2) is 36.5 Å². The van der Waals surface area contributed by atoms with Crippen LogP contribution in [0.2, 0.25) is 0 Å². The highest BCUT2D eigenvalue weighted by Crippen LogP contribution is 2.34. The number of carbonyl (C=O) groups excluding carboxylic acids is 2. The van der Waals surface area contributed by atoms with Gasteiger partial charge in [-0.3, -0.25) is 14.6 Å². The molecule has 2 aliphatic rings. The molecule has 1 saturated heterocycles. The molecule has 0 spiro atoms. The van der Waals surface area contributed by atoms with Crippen LogP contribution in [0.3, 0.4) is 0 Å². The number of nitrogens with zero attached hydrogens (tertiary/aromatic N) is 2. The predicted octanol–water partition coefficient (Wildman–Crippen LogP) is 2.09. The molecule has 0 saturated carbocycles. The standard InChI is InChI=1S/C21H24N4O4/c1-14-10-17(4-7-22-14)25-8-5-15(6-9-25)12-23-20(26)21(27)24-16-2-3-18-19(11-16)29-13-28-18/h2-4,7,10-11,15H,5-6,8-9,12-13H2,1H3,(H,23,26)(H,24,27). The number of rotatable bonds is 4. The summed E-state index contributed by atoms with van der Waals surface area (Å²) in [6, 6.07) is 9.13. The van der Waals surface area contributed by atoms with Gasteiger partial charge in [-0.1, -0.05) is 0 Å². The molecule has 29 heavy (non-hydrogen) atoms. The van der Waals surface area contributed by atoms with Crippen molar-refractivity contribution in [1.82, 2.24) is 10.3 Å². The average Bonchev–Trinajstić information content (AvgIpc) is 3.20. The maximum absolute atomic E-state index is 12.2. The summed E-state index contributed by atoms with van der Waals surface area (Å²) in [5.74, 6) is 0.222. The van der Waals surface area contributed by atoms with Crippen molar-refractivity contribution >= 4 is 23.2 Å². The number of nitrogens with one attached hydrogen (secondary N) is 2. The van der Waals surface area contributed by atoms with Gasteiger partial charge < -0.3 is 25.0 Å². The largest absolute Gasteiger partial charge is 0.454 e.